The molecule has 3 nitrogen and oxygen atoms in total. The van der Waals surface area contributed by atoms with Gasteiger partial charge in [-0.3, -0.25) is 5.01 Å². The number of hydrazone groups is 1. The number of aliphatic imine (C=N–C) groups is 1. The average molecular weight is 123 g/mol. The number of rotatable bonds is 1. The second kappa shape index (κ2) is 2.46. The zero-order valence-corrected chi connectivity index (χ0v) is 5.57. The van der Waals surface area contributed by atoms with Crippen LogP contribution in [0, 0.1) is 0 Å². The Morgan fingerprint density at radius 3 is 2.67 bits per heavy atom. The molecule has 9 heavy (non-hydrogen) atoms. The summed E-state index contributed by atoms with van der Waals surface area (Å²) in [6.07, 6.45) is 3.21. The molecular weight excluding hydrogens is 114 g/mol. The third kappa shape index (κ3) is 1.40. The molecule has 0 aromatic rings. The molecule has 0 spiro atoms. The fourth-order valence-electron chi connectivity index (χ4n) is 0.527. The van der Waals surface area contributed by atoms with Gasteiger partial charge in [-0.05, 0) is 13.8 Å². The van der Waals surface area contributed by atoms with Crippen molar-refractivity contribution >= 4 is 12.2 Å². The van der Waals surface area contributed by atoms with Crippen LogP contribution in [-0.2, 0) is 0 Å². The molecule has 0 atom stereocenters. The Balaban J connectivity index is 2.65. The summed E-state index contributed by atoms with van der Waals surface area (Å²) < 4.78 is 0. The molecule has 0 aliphatic carbocycles. The average Bonchev–Trinajstić information content (AvgIpc) is 1.90. The van der Waals surface area contributed by atoms with Crippen molar-refractivity contribution in [3.63, 3.8) is 0 Å². The summed E-state index contributed by atoms with van der Waals surface area (Å²) in [7, 11) is 0. The first kappa shape index (κ1) is 6.05. The third-order valence-corrected chi connectivity index (χ3v) is 1.04. The van der Waals surface area contributed by atoms with Gasteiger partial charge in [0.2, 0.25) is 0 Å². The predicted octanol–water partition coefficient (Wildman–Crippen LogP) is 0.837. The molecule has 1 heterocycles. The molecule has 0 aromatic carbocycles. The van der Waals surface area contributed by atoms with E-state index in [1.54, 1.807) is 11.2 Å². The summed E-state index contributed by atoms with van der Waals surface area (Å²) in [4.78, 5) is 3.67. The Kier molecular flexibility index (Phi) is 1.66. The normalized spacial score (nSPS) is 15.7. The Morgan fingerprint density at radius 2 is 2.33 bits per heavy atom. The van der Waals surface area contributed by atoms with Crippen LogP contribution in [0.25, 0.3) is 0 Å². The van der Waals surface area contributed by atoms with Crippen molar-refractivity contribution in [2.24, 2.45) is 10.1 Å². The van der Waals surface area contributed by atoms with E-state index in [1.165, 1.54) is 6.34 Å². The summed E-state index contributed by atoms with van der Waals surface area (Å²) in [6, 6.07) is 0.393. The number of hydrogen-bond acceptors (Lipinski definition) is 3. The highest BCUT2D eigenvalue weighted by molar-refractivity contribution is 5.70. The maximum absolute atomic E-state index is 3.95. The van der Waals surface area contributed by atoms with E-state index in [1.807, 2.05) is 0 Å². The molecule has 0 fully saturated rings. The van der Waals surface area contributed by atoms with Gasteiger partial charge in [0.15, 0.2) is 0 Å². The predicted molar refractivity (Wildman–Crippen MR) is 37.5 cm³/mol. The van der Waals surface area contributed by atoms with Gasteiger partial charge in [0.25, 0.3) is 0 Å². The summed E-state index contributed by atoms with van der Waals surface area (Å²) in [5, 5.41) is 5.75. The maximum Gasteiger partial charge on any atom is 0.145 e. The molecule has 0 saturated heterocycles. The minimum atomic E-state index is 0.393. The van der Waals surface area contributed by atoms with Crippen molar-refractivity contribution in [3.8, 4) is 0 Å². The van der Waals surface area contributed by atoms with Crippen molar-refractivity contribution in [3.05, 3.63) is 6.20 Å². The van der Waals surface area contributed by atoms with Gasteiger partial charge in [-0.15, -0.1) is 0 Å². The van der Waals surface area contributed by atoms with E-state index >= 15 is 0 Å². The highest BCUT2D eigenvalue weighted by atomic mass is 15.5. The summed E-state index contributed by atoms with van der Waals surface area (Å²) >= 11 is 0. The summed E-state index contributed by atoms with van der Waals surface area (Å²) in [5.74, 6) is 2.69. The van der Waals surface area contributed by atoms with E-state index in [4.69, 9.17) is 0 Å². The van der Waals surface area contributed by atoms with E-state index in [0.29, 0.717) is 6.04 Å². The van der Waals surface area contributed by atoms with Gasteiger partial charge in [-0.25, -0.2) is 0 Å². The molecule has 0 aromatic heterocycles. The van der Waals surface area contributed by atoms with Crippen molar-refractivity contribution in [1.29, 1.82) is 0 Å². The largest absolute Gasteiger partial charge is 0.259 e. The lowest BCUT2D eigenvalue weighted by Gasteiger charge is -2.16. The van der Waals surface area contributed by atoms with E-state index in [0.717, 1.165) is 0 Å². The Morgan fingerprint density at radius 1 is 1.56 bits per heavy atom. The number of hydrogen-bond donors (Lipinski definition) is 0. The first-order valence-electron chi connectivity index (χ1n) is 2.90. The van der Waals surface area contributed by atoms with Crippen molar-refractivity contribution in [2.75, 3.05) is 0 Å². The van der Waals surface area contributed by atoms with Crippen LogP contribution >= 0.6 is 0 Å². The lowest BCUT2D eigenvalue weighted by atomic mass is 10.4. The lowest BCUT2D eigenvalue weighted by molar-refractivity contribution is 0.331. The Labute approximate surface area is 54.4 Å². The molecule has 3 heteroatoms. The molecule has 48 valence electrons. The summed E-state index contributed by atoms with van der Waals surface area (Å²) in [5.41, 5.74) is 0. The standard InChI is InChI=1S/C6H9N3/c1-6(2)9-4-3-7-5-8-9/h4-6H,1-2H3. The molecule has 1 aliphatic heterocycles. The Bertz CT molecular complexity index is 175. The van der Waals surface area contributed by atoms with E-state index in [-0.39, 0.29) is 0 Å². The fraction of sp³-hybridized carbons (Fsp3) is 0.500. The SMILES string of the molecule is CC(C)N1C=C=NC=N1. The minimum absolute atomic E-state index is 0.393. The highest BCUT2D eigenvalue weighted by Gasteiger charge is 2.00. The van der Waals surface area contributed by atoms with Gasteiger partial charge in [-0.2, -0.15) is 10.1 Å². The highest BCUT2D eigenvalue weighted by Crippen LogP contribution is 1.98. The lowest BCUT2D eigenvalue weighted by Crippen LogP contribution is -2.20. The van der Waals surface area contributed by atoms with Crippen molar-refractivity contribution < 1.29 is 0 Å². The van der Waals surface area contributed by atoms with Crippen LogP contribution in [0.3, 0.4) is 0 Å². The molecule has 1 rings (SSSR count). The van der Waals surface area contributed by atoms with Gasteiger partial charge >= 0.3 is 0 Å². The van der Waals surface area contributed by atoms with Crippen LogP contribution in [0.2, 0.25) is 0 Å². The van der Waals surface area contributed by atoms with Gasteiger partial charge in [0.1, 0.15) is 6.34 Å². The monoisotopic (exact) mass is 123 g/mol. The van der Waals surface area contributed by atoms with E-state index < -0.39 is 0 Å². The second-order valence-electron chi connectivity index (χ2n) is 2.09. The topological polar surface area (TPSA) is 28.0 Å². The molecule has 0 N–H and O–H groups in total. The molecule has 0 bridgehead atoms. The maximum atomic E-state index is 3.95. The van der Waals surface area contributed by atoms with Crippen LogP contribution in [0.15, 0.2) is 16.3 Å². The van der Waals surface area contributed by atoms with Gasteiger partial charge in [0, 0.05) is 11.9 Å². The second-order valence-corrected chi connectivity index (χ2v) is 2.09. The van der Waals surface area contributed by atoms with Crippen molar-refractivity contribution in [1.82, 2.24) is 5.01 Å². The van der Waals surface area contributed by atoms with Gasteiger partial charge in [0.05, 0.1) is 6.20 Å². The molecular formula is C6H9N3. The first-order valence-corrected chi connectivity index (χ1v) is 2.90. The molecule has 0 saturated carbocycles. The quantitative estimate of drug-likeness (QED) is 0.507. The first-order chi connectivity index (χ1) is 4.30. The minimum Gasteiger partial charge on any atom is -0.259 e. The van der Waals surface area contributed by atoms with Crippen molar-refractivity contribution in [2.45, 2.75) is 19.9 Å². The Hall–Kier alpha value is -1.08. The molecule has 1 aliphatic rings. The van der Waals surface area contributed by atoms with Crippen LogP contribution in [0.4, 0.5) is 0 Å². The molecule has 0 radical (unpaired) electrons. The molecule has 0 unspecified atom stereocenters. The van der Waals surface area contributed by atoms with Crippen LogP contribution < -0.4 is 0 Å². The molecule has 0 amide bonds. The van der Waals surface area contributed by atoms with E-state index in [9.17, 15) is 0 Å². The number of nitrogens with zero attached hydrogens (tertiary/aromatic N) is 3. The summed E-state index contributed by atoms with van der Waals surface area (Å²) in [6.45, 7) is 4.11. The zero-order valence-electron chi connectivity index (χ0n) is 5.57. The van der Waals surface area contributed by atoms with Crippen LogP contribution in [-0.4, -0.2) is 23.3 Å². The fourth-order valence-corrected chi connectivity index (χ4v) is 0.527. The van der Waals surface area contributed by atoms with Gasteiger partial charge < -0.3 is 0 Å². The van der Waals surface area contributed by atoms with Crippen LogP contribution in [0.1, 0.15) is 13.8 Å². The van der Waals surface area contributed by atoms with Gasteiger partial charge in [-0.1, -0.05) is 0 Å². The van der Waals surface area contributed by atoms with Crippen LogP contribution in [0.5, 0.6) is 0 Å². The zero-order chi connectivity index (χ0) is 6.69. The van der Waals surface area contributed by atoms with E-state index in [2.05, 4.69) is 29.8 Å². The smallest absolute Gasteiger partial charge is 0.145 e. The third-order valence-electron chi connectivity index (χ3n) is 1.04.